The zero-order valence-corrected chi connectivity index (χ0v) is 10.8. The third-order valence-electron chi connectivity index (χ3n) is 3.10. The van der Waals surface area contributed by atoms with Gasteiger partial charge in [0.1, 0.15) is 11.7 Å². The maximum Gasteiger partial charge on any atom is 0.130 e. The van der Waals surface area contributed by atoms with Crippen LogP contribution in [-0.2, 0) is 13.5 Å². The third-order valence-corrected chi connectivity index (χ3v) is 3.10. The highest BCUT2D eigenvalue weighted by molar-refractivity contribution is 5.34. The second kappa shape index (κ2) is 5.50. The minimum atomic E-state index is -0.291. The highest BCUT2D eigenvalue weighted by Crippen LogP contribution is 2.22. The van der Waals surface area contributed by atoms with E-state index < -0.39 is 0 Å². The van der Waals surface area contributed by atoms with E-state index in [9.17, 15) is 5.26 Å². The molecule has 0 amide bonds. The molecule has 0 saturated heterocycles. The average Bonchev–Trinajstić information content (AvgIpc) is 2.79. The molecule has 3 nitrogen and oxygen atoms in total. The van der Waals surface area contributed by atoms with Gasteiger partial charge in [-0.2, -0.15) is 5.26 Å². The van der Waals surface area contributed by atoms with E-state index in [1.54, 1.807) is 6.20 Å². The monoisotopic (exact) mass is 239 g/mol. The van der Waals surface area contributed by atoms with Crippen molar-refractivity contribution in [2.45, 2.75) is 25.7 Å². The molecule has 1 aromatic carbocycles. The van der Waals surface area contributed by atoms with Gasteiger partial charge in [-0.15, -0.1) is 0 Å². The number of hydrogen-bond donors (Lipinski definition) is 0. The number of benzene rings is 1. The van der Waals surface area contributed by atoms with Crippen molar-refractivity contribution in [1.29, 1.82) is 5.26 Å². The van der Waals surface area contributed by atoms with Crippen molar-refractivity contribution >= 4 is 0 Å². The van der Waals surface area contributed by atoms with Gasteiger partial charge < -0.3 is 4.57 Å². The second-order valence-electron chi connectivity index (χ2n) is 4.45. The molecule has 1 unspecified atom stereocenters. The SMILES string of the molecule is CCCc1ccc(C(C#N)c2nccn2C)cc1. The van der Waals surface area contributed by atoms with Crippen LogP contribution in [-0.4, -0.2) is 9.55 Å². The van der Waals surface area contributed by atoms with Crippen molar-refractivity contribution in [3.63, 3.8) is 0 Å². The van der Waals surface area contributed by atoms with Crippen LogP contribution in [0.3, 0.4) is 0 Å². The van der Waals surface area contributed by atoms with Crippen LogP contribution in [0.1, 0.15) is 36.2 Å². The Morgan fingerprint density at radius 3 is 2.56 bits per heavy atom. The Bertz CT molecular complexity index is 546. The van der Waals surface area contributed by atoms with E-state index in [1.165, 1.54) is 5.56 Å². The molecule has 0 aliphatic rings. The number of aromatic nitrogens is 2. The molecule has 0 radical (unpaired) electrons. The molecule has 1 aromatic heterocycles. The summed E-state index contributed by atoms with van der Waals surface area (Å²) in [6.45, 7) is 2.17. The van der Waals surface area contributed by atoms with Gasteiger partial charge in [-0.1, -0.05) is 37.6 Å². The lowest BCUT2D eigenvalue weighted by molar-refractivity contribution is 0.783. The van der Waals surface area contributed by atoms with E-state index in [1.807, 2.05) is 29.9 Å². The summed E-state index contributed by atoms with van der Waals surface area (Å²) in [4.78, 5) is 4.26. The lowest BCUT2D eigenvalue weighted by atomic mass is 9.97. The topological polar surface area (TPSA) is 41.6 Å². The highest BCUT2D eigenvalue weighted by atomic mass is 15.0. The zero-order valence-electron chi connectivity index (χ0n) is 10.8. The van der Waals surface area contributed by atoms with E-state index in [-0.39, 0.29) is 5.92 Å². The second-order valence-corrected chi connectivity index (χ2v) is 4.45. The largest absolute Gasteiger partial charge is 0.337 e. The van der Waals surface area contributed by atoms with Crippen molar-refractivity contribution in [2.24, 2.45) is 7.05 Å². The summed E-state index contributed by atoms with van der Waals surface area (Å²) in [5.74, 6) is 0.501. The summed E-state index contributed by atoms with van der Waals surface area (Å²) in [6.07, 6.45) is 5.82. The minimum Gasteiger partial charge on any atom is -0.337 e. The standard InChI is InChI=1S/C15H17N3/c1-3-4-12-5-7-13(8-6-12)14(11-16)15-17-9-10-18(15)2/h5-10,14H,3-4H2,1-2H3. The molecular weight excluding hydrogens is 222 g/mol. The van der Waals surface area contributed by atoms with Crippen molar-refractivity contribution in [1.82, 2.24) is 9.55 Å². The Hall–Kier alpha value is -2.08. The number of nitriles is 1. The van der Waals surface area contributed by atoms with Crippen molar-refractivity contribution in [2.75, 3.05) is 0 Å². The molecule has 92 valence electrons. The summed E-state index contributed by atoms with van der Waals surface area (Å²) in [5, 5.41) is 9.35. The first-order valence-corrected chi connectivity index (χ1v) is 6.22. The van der Waals surface area contributed by atoms with Crippen LogP contribution in [0.2, 0.25) is 0 Å². The summed E-state index contributed by atoms with van der Waals surface area (Å²) >= 11 is 0. The summed E-state index contributed by atoms with van der Waals surface area (Å²) in [7, 11) is 1.91. The predicted octanol–water partition coefficient (Wildman–Crippen LogP) is 3.03. The van der Waals surface area contributed by atoms with E-state index in [0.717, 1.165) is 24.2 Å². The first-order chi connectivity index (χ1) is 8.76. The zero-order chi connectivity index (χ0) is 13.0. The van der Waals surface area contributed by atoms with Gasteiger partial charge >= 0.3 is 0 Å². The van der Waals surface area contributed by atoms with Gasteiger partial charge in [0, 0.05) is 19.4 Å². The smallest absolute Gasteiger partial charge is 0.130 e. The van der Waals surface area contributed by atoms with Crippen LogP contribution in [0.5, 0.6) is 0 Å². The Kier molecular flexibility index (Phi) is 3.78. The van der Waals surface area contributed by atoms with E-state index in [4.69, 9.17) is 0 Å². The maximum absolute atomic E-state index is 9.35. The molecule has 0 N–H and O–H groups in total. The van der Waals surface area contributed by atoms with Crippen LogP contribution < -0.4 is 0 Å². The van der Waals surface area contributed by atoms with Crippen molar-refractivity contribution in [3.8, 4) is 6.07 Å². The first kappa shape index (κ1) is 12.4. The summed E-state index contributed by atoms with van der Waals surface area (Å²) in [6, 6.07) is 10.6. The molecule has 3 heteroatoms. The lowest BCUT2D eigenvalue weighted by Crippen LogP contribution is -2.05. The number of hydrogen-bond acceptors (Lipinski definition) is 2. The van der Waals surface area contributed by atoms with Crippen LogP contribution in [0.25, 0.3) is 0 Å². The molecule has 18 heavy (non-hydrogen) atoms. The van der Waals surface area contributed by atoms with E-state index in [0.29, 0.717) is 0 Å². The Morgan fingerprint density at radius 2 is 2.06 bits per heavy atom. The summed E-state index contributed by atoms with van der Waals surface area (Å²) < 4.78 is 1.90. The molecular formula is C15H17N3. The molecule has 2 rings (SSSR count). The molecule has 2 aromatic rings. The van der Waals surface area contributed by atoms with Crippen molar-refractivity contribution < 1.29 is 0 Å². The number of imidazole rings is 1. The van der Waals surface area contributed by atoms with Crippen LogP contribution >= 0.6 is 0 Å². The number of aryl methyl sites for hydroxylation is 2. The van der Waals surface area contributed by atoms with Gasteiger partial charge in [0.05, 0.1) is 6.07 Å². The molecule has 0 spiro atoms. The van der Waals surface area contributed by atoms with Gasteiger partial charge in [0.25, 0.3) is 0 Å². The fourth-order valence-corrected chi connectivity index (χ4v) is 2.10. The first-order valence-electron chi connectivity index (χ1n) is 6.22. The fourth-order valence-electron chi connectivity index (χ4n) is 2.10. The Balaban J connectivity index is 2.29. The quantitative estimate of drug-likeness (QED) is 0.823. The Labute approximate surface area is 108 Å². The van der Waals surface area contributed by atoms with Gasteiger partial charge in [0.15, 0.2) is 0 Å². The third kappa shape index (κ3) is 2.43. The van der Waals surface area contributed by atoms with E-state index >= 15 is 0 Å². The summed E-state index contributed by atoms with van der Waals surface area (Å²) in [5.41, 5.74) is 2.32. The normalized spacial score (nSPS) is 12.1. The van der Waals surface area contributed by atoms with Gasteiger partial charge in [0.2, 0.25) is 0 Å². The molecule has 1 atom stereocenters. The lowest BCUT2D eigenvalue weighted by Gasteiger charge is -2.10. The average molecular weight is 239 g/mol. The van der Waals surface area contributed by atoms with Crippen LogP contribution in [0.15, 0.2) is 36.7 Å². The molecule has 0 bridgehead atoms. The molecule has 0 aliphatic heterocycles. The number of rotatable bonds is 4. The fraction of sp³-hybridized carbons (Fsp3) is 0.333. The molecule has 0 saturated carbocycles. The van der Waals surface area contributed by atoms with Crippen LogP contribution in [0, 0.1) is 11.3 Å². The van der Waals surface area contributed by atoms with Gasteiger partial charge in [-0.25, -0.2) is 4.98 Å². The van der Waals surface area contributed by atoms with Gasteiger partial charge in [-0.05, 0) is 17.5 Å². The minimum absolute atomic E-state index is 0.291. The van der Waals surface area contributed by atoms with Crippen LogP contribution in [0.4, 0.5) is 0 Å². The van der Waals surface area contributed by atoms with Crippen molar-refractivity contribution in [3.05, 3.63) is 53.6 Å². The molecule has 1 heterocycles. The Morgan fingerprint density at radius 1 is 1.33 bits per heavy atom. The molecule has 0 fully saturated rings. The molecule has 0 aliphatic carbocycles. The highest BCUT2D eigenvalue weighted by Gasteiger charge is 2.17. The van der Waals surface area contributed by atoms with E-state index in [2.05, 4.69) is 30.1 Å². The predicted molar refractivity (Wildman–Crippen MR) is 71.1 cm³/mol. The maximum atomic E-state index is 9.35. The number of nitrogens with zero attached hydrogens (tertiary/aromatic N) is 3. The van der Waals surface area contributed by atoms with Gasteiger partial charge in [-0.3, -0.25) is 0 Å².